The first-order valence-electron chi connectivity index (χ1n) is 6.46. The van der Waals surface area contributed by atoms with E-state index in [9.17, 15) is 9.59 Å². The number of hydrogen-bond acceptors (Lipinski definition) is 4. The molecule has 108 valence electrons. The van der Waals surface area contributed by atoms with E-state index in [1.54, 1.807) is 29.2 Å². The fourth-order valence-electron chi connectivity index (χ4n) is 2.01. The Hall–Kier alpha value is -2.08. The van der Waals surface area contributed by atoms with E-state index >= 15 is 0 Å². The number of benzene rings is 1. The van der Waals surface area contributed by atoms with Gasteiger partial charge in [-0.2, -0.15) is 0 Å². The van der Waals surface area contributed by atoms with Crippen LogP contribution in [0.3, 0.4) is 0 Å². The maximum absolute atomic E-state index is 12.1. The van der Waals surface area contributed by atoms with Gasteiger partial charge in [0.15, 0.2) is 0 Å². The summed E-state index contributed by atoms with van der Waals surface area (Å²) in [5.41, 5.74) is 1.09. The Balaban J connectivity index is 1.95. The van der Waals surface area contributed by atoms with Gasteiger partial charge in [-0.3, -0.25) is 0 Å². The summed E-state index contributed by atoms with van der Waals surface area (Å²) in [6.45, 7) is 3.64. The number of urea groups is 1. The lowest BCUT2D eigenvalue weighted by Crippen LogP contribution is -2.46. The zero-order chi connectivity index (χ0) is 14.5. The molecule has 1 atom stereocenters. The summed E-state index contributed by atoms with van der Waals surface area (Å²) in [5, 5.41) is 2.80. The number of hydrogen-bond donors (Lipinski definition) is 1. The van der Waals surface area contributed by atoms with Crippen LogP contribution in [0.15, 0.2) is 24.3 Å². The number of carbonyl (C=O) groups is 2. The van der Waals surface area contributed by atoms with Gasteiger partial charge in [-0.15, -0.1) is 0 Å². The Kier molecular flexibility index (Phi) is 4.57. The molecule has 0 spiro atoms. The number of carbonyl (C=O) groups excluding carboxylic acids is 2. The van der Waals surface area contributed by atoms with Crippen molar-refractivity contribution in [1.82, 2.24) is 4.90 Å². The van der Waals surface area contributed by atoms with Crippen molar-refractivity contribution in [2.75, 3.05) is 32.1 Å². The Morgan fingerprint density at radius 1 is 1.35 bits per heavy atom. The molecule has 6 nitrogen and oxygen atoms in total. The minimum absolute atomic E-state index is 0.0520. The molecular formula is C14H18N2O4. The third kappa shape index (κ3) is 3.48. The molecule has 0 unspecified atom stereocenters. The predicted octanol–water partition coefficient (Wildman–Crippen LogP) is 1.73. The van der Waals surface area contributed by atoms with Gasteiger partial charge in [0.05, 0.1) is 25.4 Å². The summed E-state index contributed by atoms with van der Waals surface area (Å²) in [5.74, 6) is -0.398. The van der Waals surface area contributed by atoms with Crippen LogP contribution in [-0.2, 0) is 9.47 Å². The Bertz CT molecular complexity index is 486. The average Bonchev–Trinajstić information content (AvgIpc) is 2.47. The molecule has 0 radical (unpaired) electrons. The van der Waals surface area contributed by atoms with Gasteiger partial charge in [0.1, 0.15) is 0 Å². The molecule has 20 heavy (non-hydrogen) atoms. The molecule has 1 heterocycles. The molecule has 1 aliphatic rings. The monoisotopic (exact) mass is 278 g/mol. The second kappa shape index (κ2) is 6.38. The first-order chi connectivity index (χ1) is 9.60. The number of esters is 1. The van der Waals surface area contributed by atoms with E-state index in [0.29, 0.717) is 30.9 Å². The van der Waals surface area contributed by atoms with E-state index < -0.39 is 5.97 Å². The number of rotatable bonds is 2. The number of morpholine rings is 1. The van der Waals surface area contributed by atoms with E-state index in [1.165, 1.54) is 7.11 Å². The highest BCUT2D eigenvalue weighted by Gasteiger charge is 2.21. The lowest BCUT2D eigenvalue weighted by atomic mass is 10.2. The highest BCUT2D eigenvalue weighted by atomic mass is 16.5. The van der Waals surface area contributed by atoms with Crippen LogP contribution in [0, 0.1) is 0 Å². The maximum atomic E-state index is 12.1. The third-order valence-electron chi connectivity index (χ3n) is 3.09. The minimum atomic E-state index is -0.398. The molecule has 1 N–H and O–H groups in total. The summed E-state index contributed by atoms with van der Waals surface area (Å²) >= 11 is 0. The van der Waals surface area contributed by atoms with Crippen molar-refractivity contribution in [3.8, 4) is 0 Å². The molecule has 0 bridgehead atoms. The van der Waals surface area contributed by atoms with Crippen LogP contribution in [0.2, 0.25) is 0 Å². The summed E-state index contributed by atoms with van der Waals surface area (Å²) in [6, 6.07) is 6.42. The van der Waals surface area contributed by atoms with Crippen LogP contribution < -0.4 is 5.32 Å². The van der Waals surface area contributed by atoms with Crippen LogP contribution in [0.1, 0.15) is 17.3 Å². The fourth-order valence-corrected chi connectivity index (χ4v) is 2.01. The number of amides is 2. The zero-order valence-corrected chi connectivity index (χ0v) is 11.6. The first kappa shape index (κ1) is 14.3. The zero-order valence-electron chi connectivity index (χ0n) is 11.6. The first-order valence-corrected chi connectivity index (χ1v) is 6.46. The Labute approximate surface area is 117 Å². The molecule has 1 fully saturated rings. The van der Waals surface area contributed by atoms with Crippen LogP contribution in [0.5, 0.6) is 0 Å². The number of methoxy groups -OCH3 is 1. The molecule has 0 aliphatic carbocycles. The number of nitrogens with zero attached hydrogens (tertiary/aromatic N) is 1. The molecule has 6 heteroatoms. The highest BCUT2D eigenvalue weighted by Crippen LogP contribution is 2.12. The van der Waals surface area contributed by atoms with Crippen LogP contribution in [-0.4, -0.2) is 49.8 Å². The smallest absolute Gasteiger partial charge is 0.337 e. The van der Waals surface area contributed by atoms with Crippen molar-refractivity contribution in [3.05, 3.63) is 29.8 Å². The largest absolute Gasteiger partial charge is 0.465 e. The number of ether oxygens (including phenoxy) is 2. The Morgan fingerprint density at radius 3 is 2.65 bits per heavy atom. The van der Waals surface area contributed by atoms with Crippen molar-refractivity contribution in [3.63, 3.8) is 0 Å². The normalized spacial score (nSPS) is 18.5. The highest BCUT2D eigenvalue weighted by molar-refractivity contribution is 5.92. The second-order valence-electron chi connectivity index (χ2n) is 4.63. The second-order valence-corrected chi connectivity index (χ2v) is 4.63. The lowest BCUT2D eigenvalue weighted by molar-refractivity contribution is -0.00138. The van der Waals surface area contributed by atoms with E-state index in [-0.39, 0.29) is 12.1 Å². The SMILES string of the molecule is COC(=O)c1ccc(NC(=O)N2CCO[C@@H](C)C2)cc1. The van der Waals surface area contributed by atoms with Gasteiger partial charge >= 0.3 is 12.0 Å². The molecule has 0 aromatic heterocycles. The van der Waals surface area contributed by atoms with E-state index in [4.69, 9.17) is 4.74 Å². The van der Waals surface area contributed by atoms with Gasteiger partial charge in [-0.25, -0.2) is 9.59 Å². The quantitative estimate of drug-likeness (QED) is 0.836. The standard InChI is InChI=1S/C14H18N2O4/c1-10-9-16(7-8-20-10)14(18)15-12-5-3-11(4-6-12)13(17)19-2/h3-6,10H,7-9H2,1-2H3,(H,15,18)/t10-/m0/s1. The van der Waals surface area contributed by atoms with Crippen molar-refractivity contribution >= 4 is 17.7 Å². The number of nitrogens with one attached hydrogen (secondary N) is 1. The summed E-state index contributed by atoms with van der Waals surface area (Å²) in [7, 11) is 1.33. The van der Waals surface area contributed by atoms with Crippen molar-refractivity contribution < 1.29 is 19.1 Å². The van der Waals surface area contributed by atoms with E-state index in [2.05, 4.69) is 10.1 Å². The molecule has 1 saturated heterocycles. The van der Waals surface area contributed by atoms with E-state index in [0.717, 1.165) is 0 Å². The molecule has 1 aromatic rings. The topological polar surface area (TPSA) is 67.9 Å². The predicted molar refractivity (Wildman–Crippen MR) is 73.8 cm³/mol. The van der Waals surface area contributed by atoms with Crippen molar-refractivity contribution in [1.29, 1.82) is 0 Å². The summed E-state index contributed by atoms with van der Waals surface area (Å²) < 4.78 is 10.0. The average molecular weight is 278 g/mol. The van der Waals surface area contributed by atoms with Gasteiger partial charge in [-0.05, 0) is 31.2 Å². The van der Waals surface area contributed by atoms with Gasteiger partial charge in [0.25, 0.3) is 0 Å². The van der Waals surface area contributed by atoms with E-state index in [1.807, 2.05) is 6.92 Å². The lowest BCUT2D eigenvalue weighted by Gasteiger charge is -2.31. The van der Waals surface area contributed by atoms with Crippen LogP contribution in [0.25, 0.3) is 0 Å². The molecule has 0 saturated carbocycles. The van der Waals surface area contributed by atoms with Gasteiger partial charge < -0.3 is 19.7 Å². The third-order valence-corrected chi connectivity index (χ3v) is 3.09. The van der Waals surface area contributed by atoms with Crippen molar-refractivity contribution in [2.24, 2.45) is 0 Å². The minimum Gasteiger partial charge on any atom is -0.465 e. The van der Waals surface area contributed by atoms with Crippen LogP contribution in [0.4, 0.5) is 10.5 Å². The fraction of sp³-hybridized carbons (Fsp3) is 0.429. The summed E-state index contributed by atoms with van der Waals surface area (Å²) in [4.78, 5) is 25.1. The molecule has 2 amide bonds. The summed E-state index contributed by atoms with van der Waals surface area (Å²) in [6.07, 6.45) is 0.0520. The molecule has 1 aliphatic heterocycles. The van der Waals surface area contributed by atoms with Gasteiger partial charge in [-0.1, -0.05) is 0 Å². The molecular weight excluding hydrogens is 260 g/mol. The van der Waals surface area contributed by atoms with Crippen molar-refractivity contribution in [2.45, 2.75) is 13.0 Å². The van der Waals surface area contributed by atoms with Crippen LogP contribution >= 0.6 is 0 Å². The Morgan fingerprint density at radius 2 is 2.05 bits per heavy atom. The van der Waals surface area contributed by atoms with Gasteiger partial charge in [0, 0.05) is 18.8 Å². The maximum Gasteiger partial charge on any atom is 0.337 e. The number of anilines is 1. The molecule has 2 rings (SSSR count). The molecule has 1 aromatic carbocycles. The van der Waals surface area contributed by atoms with Gasteiger partial charge in [0.2, 0.25) is 0 Å².